The van der Waals surface area contributed by atoms with Crippen LogP contribution in [0.2, 0.25) is 0 Å². The standard InChI is InChI=1S/C20H18N4O2S2/c25-17(13-27-19-9-3-5-11-21-19)23-15-7-1-2-8-16(15)24-18(26)14-28-20-10-4-6-12-22-20/h1-12H,13-14H2,(H,23,25)(H,24,26). The number of para-hydroxylation sites is 2. The number of carbonyl (C=O) groups excluding carboxylic acids is 2. The number of nitrogens with one attached hydrogen (secondary N) is 2. The van der Waals surface area contributed by atoms with Gasteiger partial charge in [-0.1, -0.05) is 47.8 Å². The molecule has 0 saturated carbocycles. The monoisotopic (exact) mass is 410 g/mol. The largest absolute Gasteiger partial charge is 0.324 e. The number of hydrogen-bond acceptors (Lipinski definition) is 6. The number of hydrogen-bond donors (Lipinski definition) is 2. The molecule has 28 heavy (non-hydrogen) atoms. The molecule has 1 aromatic carbocycles. The van der Waals surface area contributed by atoms with Gasteiger partial charge in [0.05, 0.1) is 32.9 Å². The van der Waals surface area contributed by atoms with Crippen molar-refractivity contribution < 1.29 is 9.59 Å². The molecule has 0 unspecified atom stereocenters. The molecule has 0 aliphatic rings. The molecule has 0 aliphatic heterocycles. The number of anilines is 2. The van der Waals surface area contributed by atoms with Crippen LogP contribution in [-0.2, 0) is 9.59 Å². The minimum atomic E-state index is -0.166. The highest BCUT2D eigenvalue weighted by Gasteiger charge is 2.10. The molecule has 2 N–H and O–H groups in total. The Labute approximate surface area is 171 Å². The van der Waals surface area contributed by atoms with Crippen molar-refractivity contribution in [3.63, 3.8) is 0 Å². The average molecular weight is 411 g/mol. The second-order valence-electron chi connectivity index (χ2n) is 5.56. The predicted molar refractivity (Wildman–Crippen MR) is 114 cm³/mol. The number of rotatable bonds is 8. The van der Waals surface area contributed by atoms with E-state index >= 15 is 0 Å². The lowest BCUT2D eigenvalue weighted by Crippen LogP contribution is -2.18. The molecule has 0 bridgehead atoms. The maximum atomic E-state index is 12.2. The number of aromatic nitrogens is 2. The topological polar surface area (TPSA) is 84.0 Å². The molecule has 6 nitrogen and oxygen atoms in total. The van der Waals surface area contributed by atoms with E-state index in [0.29, 0.717) is 11.4 Å². The molecular weight excluding hydrogens is 392 g/mol. The van der Waals surface area contributed by atoms with Crippen LogP contribution >= 0.6 is 23.5 Å². The first-order valence-corrected chi connectivity index (χ1v) is 10.4. The predicted octanol–water partition coefficient (Wildman–Crippen LogP) is 3.94. The van der Waals surface area contributed by atoms with Gasteiger partial charge in [-0.15, -0.1) is 0 Å². The third-order valence-electron chi connectivity index (χ3n) is 3.45. The quantitative estimate of drug-likeness (QED) is 0.547. The number of benzene rings is 1. The van der Waals surface area contributed by atoms with Gasteiger partial charge in [-0.25, -0.2) is 9.97 Å². The van der Waals surface area contributed by atoms with Crippen LogP contribution in [0.1, 0.15) is 0 Å². The normalized spacial score (nSPS) is 10.3. The molecule has 8 heteroatoms. The fourth-order valence-corrected chi connectivity index (χ4v) is 3.54. The van der Waals surface area contributed by atoms with Crippen LogP contribution in [0.4, 0.5) is 11.4 Å². The molecular formula is C20H18N4O2S2. The minimum Gasteiger partial charge on any atom is -0.324 e. The second kappa shape index (κ2) is 10.5. The molecule has 0 fully saturated rings. The van der Waals surface area contributed by atoms with Gasteiger partial charge in [-0.05, 0) is 36.4 Å². The fraction of sp³-hybridized carbons (Fsp3) is 0.100. The molecule has 0 saturated heterocycles. The van der Waals surface area contributed by atoms with Gasteiger partial charge in [0.15, 0.2) is 0 Å². The number of thioether (sulfide) groups is 2. The third kappa shape index (κ3) is 6.40. The molecule has 142 valence electrons. The van der Waals surface area contributed by atoms with Crippen molar-refractivity contribution in [2.24, 2.45) is 0 Å². The van der Waals surface area contributed by atoms with Crippen molar-refractivity contribution in [2.45, 2.75) is 10.1 Å². The van der Waals surface area contributed by atoms with E-state index in [2.05, 4.69) is 20.6 Å². The van der Waals surface area contributed by atoms with Gasteiger partial charge in [-0.3, -0.25) is 9.59 Å². The Morgan fingerprint density at radius 2 is 1.11 bits per heavy atom. The zero-order valence-corrected chi connectivity index (χ0v) is 16.5. The van der Waals surface area contributed by atoms with E-state index in [4.69, 9.17) is 0 Å². The molecule has 0 radical (unpaired) electrons. The summed E-state index contributed by atoms with van der Waals surface area (Å²) in [5.41, 5.74) is 1.12. The lowest BCUT2D eigenvalue weighted by atomic mass is 10.2. The van der Waals surface area contributed by atoms with Crippen molar-refractivity contribution >= 4 is 46.7 Å². The summed E-state index contributed by atoms with van der Waals surface area (Å²) < 4.78 is 0. The van der Waals surface area contributed by atoms with E-state index in [9.17, 15) is 9.59 Å². The molecule has 2 amide bonds. The Morgan fingerprint density at radius 1 is 0.679 bits per heavy atom. The fourth-order valence-electron chi connectivity index (χ4n) is 2.22. The van der Waals surface area contributed by atoms with Gasteiger partial charge in [0, 0.05) is 12.4 Å². The van der Waals surface area contributed by atoms with E-state index in [1.165, 1.54) is 23.5 Å². The van der Waals surface area contributed by atoms with Gasteiger partial charge < -0.3 is 10.6 Å². The Balaban J connectivity index is 1.53. The van der Waals surface area contributed by atoms with Crippen molar-refractivity contribution in [3.8, 4) is 0 Å². The summed E-state index contributed by atoms with van der Waals surface area (Å²) >= 11 is 2.71. The lowest BCUT2D eigenvalue weighted by Gasteiger charge is -2.12. The van der Waals surface area contributed by atoms with Crippen LogP contribution in [0.25, 0.3) is 0 Å². The van der Waals surface area contributed by atoms with E-state index in [1.807, 2.05) is 36.4 Å². The highest BCUT2D eigenvalue weighted by Crippen LogP contribution is 2.23. The van der Waals surface area contributed by atoms with Crippen LogP contribution in [0, 0.1) is 0 Å². The highest BCUT2D eigenvalue weighted by molar-refractivity contribution is 8.00. The first-order chi connectivity index (χ1) is 13.7. The maximum Gasteiger partial charge on any atom is 0.234 e. The molecule has 0 spiro atoms. The SMILES string of the molecule is O=C(CSc1ccccn1)Nc1ccccc1NC(=O)CSc1ccccn1. The van der Waals surface area contributed by atoms with E-state index in [0.717, 1.165) is 10.1 Å². The Morgan fingerprint density at radius 3 is 1.50 bits per heavy atom. The number of nitrogens with zero attached hydrogens (tertiary/aromatic N) is 2. The van der Waals surface area contributed by atoms with Crippen LogP contribution < -0.4 is 10.6 Å². The summed E-state index contributed by atoms with van der Waals surface area (Å²) in [4.78, 5) is 32.9. The van der Waals surface area contributed by atoms with Gasteiger partial charge >= 0.3 is 0 Å². The number of amides is 2. The van der Waals surface area contributed by atoms with E-state index in [1.54, 1.807) is 36.7 Å². The van der Waals surface area contributed by atoms with Crippen molar-refractivity contribution in [1.29, 1.82) is 0 Å². The smallest absolute Gasteiger partial charge is 0.234 e. The summed E-state index contributed by atoms with van der Waals surface area (Å²) in [5.74, 6) is 0.129. The lowest BCUT2D eigenvalue weighted by molar-refractivity contribution is -0.114. The van der Waals surface area contributed by atoms with Gasteiger partial charge in [-0.2, -0.15) is 0 Å². The van der Waals surface area contributed by atoms with Crippen molar-refractivity contribution in [3.05, 3.63) is 73.1 Å². The van der Waals surface area contributed by atoms with Crippen molar-refractivity contribution in [1.82, 2.24) is 9.97 Å². The zero-order chi connectivity index (χ0) is 19.6. The Hall–Kier alpha value is -2.84. The first kappa shape index (κ1) is 19.9. The Kier molecular flexibility index (Phi) is 7.45. The number of pyridine rings is 2. The summed E-state index contributed by atoms with van der Waals surface area (Å²) in [6.07, 6.45) is 3.38. The molecule has 0 aliphatic carbocycles. The summed E-state index contributed by atoms with van der Waals surface area (Å²) in [7, 11) is 0. The van der Waals surface area contributed by atoms with Gasteiger partial charge in [0.25, 0.3) is 0 Å². The first-order valence-electron chi connectivity index (χ1n) is 8.47. The zero-order valence-electron chi connectivity index (χ0n) is 14.9. The van der Waals surface area contributed by atoms with Gasteiger partial charge in [0.2, 0.25) is 11.8 Å². The van der Waals surface area contributed by atoms with Crippen molar-refractivity contribution in [2.75, 3.05) is 22.1 Å². The average Bonchev–Trinajstić information content (AvgIpc) is 2.74. The summed E-state index contributed by atoms with van der Waals surface area (Å²) in [5, 5.41) is 7.24. The molecule has 3 rings (SSSR count). The summed E-state index contributed by atoms with van der Waals surface area (Å²) in [6, 6.07) is 18.2. The van der Waals surface area contributed by atoms with Crippen LogP contribution in [0.5, 0.6) is 0 Å². The summed E-state index contributed by atoms with van der Waals surface area (Å²) in [6.45, 7) is 0. The maximum absolute atomic E-state index is 12.2. The van der Waals surface area contributed by atoms with Crippen LogP contribution in [0.15, 0.2) is 83.1 Å². The van der Waals surface area contributed by atoms with Crippen LogP contribution in [0.3, 0.4) is 0 Å². The third-order valence-corrected chi connectivity index (χ3v) is 5.34. The molecule has 0 atom stereocenters. The number of carbonyl (C=O) groups is 2. The van der Waals surface area contributed by atoms with E-state index in [-0.39, 0.29) is 23.3 Å². The van der Waals surface area contributed by atoms with Crippen LogP contribution in [-0.4, -0.2) is 33.3 Å². The van der Waals surface area contributed by atoms with Gasteiger partial charge in [0.1, 0.15) is 0 Å². The van der Waals surface area contributed by atoms with E-state index < -0.39 is 0 Å². The molecule has 3 aromatic rings. The molecule has 2 aromatic heterocycles. The Bertz CT molecular complexity index is 847. The molecule has 2 heterocycles. The second-order valence-corrected chi connectivity index (χ2v) is 7.55. The minimum absolute atomic E-state index is 0.166. The highest BCUT2D eigenvalue weighted by atomic mass is 32.2.